The van der Waals surface area contributed by atoms with E-state index >= 15 is 0 Å². The van der Waals surface area contributed by atoms with Crippen LogP contribution >= 0.6 is 12.2 Å². The summed E-state index contributed by atoms with van der Waals surface area (Å²) in [5.74, 6) is -0.125. The van der Waals surface area contributed by atoms with Crippen LogP contribution in [0.2, 0.25) is 0 Å². The molecule has 0 saturated carbocycles. The standard InChI is InChI=1S/C11H17N5S/c1-6-4-8(12)5-7(2)9(6)16(10(13)14)11(17)15-3/h4-5H,12H2,1-3H3,(H3,13,14)(H,15,17). The van der Waals surface area contributed by atoms with Gasteiger partial charge in [0.25, 0.3) is 0 Å². The summed E-state index contributed by atoms with van der Waals surface area (Å²) >= 11 is 5.15. The molecule has 0 radical (unpaired) electrons. The van der Waals surface area contributed by atoms with Crippen molar-refractivity contribution < 1.29 is 0 Å². The van der Waals surface area contributed by atoms with Gasteiger partial charge < -0.3 is 16.8 Å². The minimum absolute atomic E-state index is 0.125. The molecule has 0 saturated heterocycles. The van der Waals surface area contributed by atoms with Crippen molar-refractivity contribution in [2.75, 3.05) is 17.7 Å². The van der Waals surface area contributed by atoms with Crippen molar-refractivity contribution >= 4 is 34.7 Å². The van der Waals surface area contributed by atoms with Gasteiger partial charge in [-0.2, -0.15) is 0 Å². The number of rotatable bonds is 1. The third-order valence-electron chi connectivity index (χ3n) is 2.39. The van der Waals surface area contributed by atoms with Gasteiger partial charge in [-0.05, 0) is 49.3 Å². The Labute approximate surface area is 106 Å². The van der Waals surface area contributed by atoms with Crippen LogP contribution in [0.25, 0.3) is 0 Å². The second kappa shape index (κ2) is 5.01. The largest absolute Gasteiger partial charge is 0.399 e. The number of nitrogens with one attached hydrogen (secondary N) is 2. The maximum absolute atomic E-state index is 7.61. The number of thiocarbonyl (C=S) groups is 1. The van der Waals surface area contributed by atoms with E-state index in [1.165, 1.54) is 4.90 Å². The predicted octanol–water partition coefficient (Wildman–Crippen LogP) is 1.09. The number of nitrogens with zero attached hydrogens (tertiary/aromatic N) is 1. The number of nitrogens with two attached hydrogens (primary N) is 2. The zero-order valence-electron chi connectivity index (χ0n) is 10.2. The summed E-state index contributed by atoms with van der Waals surface area (Å²) in [5.41, 5.74) is 14.7. The molecule has 0 amide bonds. The Hall–Kier alpha value is -1.82. The van der Waals surface area contributed by atoms with Gasteiger partial charge in [-0.1, -0.05) is 0 Å². The van der Waals surface area contributed by atoms with Gasteiger partial charge in [-0.3, -0.25) is 10.3 Å². The lowest BCUT2D eigenvalue weighted by molar-refractivity contribution is 1.13. The van der Waals surface area contributed by atoms with Gasteiger partial charge >= 0.3 is 0 Å². The topological polar surface area (TPSA) is 91.2 Å². The number of anilines is 2. The van der Waals surface area contributed by atoms with Crippen molar-refractivity contribution in [3.63, 3.8) is 0 Å². The van der Waals surface area contributed by atoms with E-state index in [9.17, 15) is 0 Å². The number of hydrogen-bond donors (Lipinski definition) is 4. The van der Waals surface area contributed by atoms with E-state index in [0.29, 0.717) is 10.8 Å². The number of guanidine groups is 1. The second-order valence-corrected chi connectivity index (χ2v) is 4.17. The number of aryl methyl sites for hydroxylation is 2. The average molecular weight is 251 g/mol. The highest BCUT2D eigenvalue weighted by Gasteiger charge is 2.18. The minimum Gasteiger partial charge on any atom is -0.399 e. The Morgan fingerprint density at radius 1 is 1.35 bits per heavy atom. The number of hydrogen-bond acceptors (Lipinski definition) is 3. The van der Waals surface area contributed by atoms with Crippen LogP contribution in [0.15, 0.2) is 12.1 Å². The molecule has 0 atom stereocenters. The normalized spacial score (nSPS) is 9.82. The van der Waals surface area contributed by atoms with Gasteiger partial charge in [-0.25, -0.2) is 0 Å². The van der Waals surface area contributed by atoms with Gasteiger partial charge in [0, 0.05) is 12.7 Å². The Morgan fingerprint density at radius 3 is 2.18 bits per heavy atom. The maximum atomic E-state index is 7.61. The molecule has 0 aliphatic carbocycles. The van der Waals surface area contributed by atoms with Crippen molar-refractivity contribution in [1.29, 1.82) is 5.41 Å². The van der Waals surface area contributed by atoms with E-state index in [1.54, 1.807) is 7.05 Å². The minimum atomic E-state index is -0.125. The summed E-state index contributed by atoms with van der Waals surface area (Å²) < 4.78 is 0. The molecular weight excluding hydrogens is 234 g/mol. The Bertz CT molecular complexity index is 446. The molecular formula is C11H17N5S. The first-order chi connectivity index (χ1) is 7.88. The number of benzene rings is 1. The van der Waals surface area contributed by atoms with E-state index in [2.05, 4.69) is 5.32 Å². The molecule has 1 rings (SSSR count). The van der Waals surface area contributed by atoms with Crippen molar-refractivity contribution in [3.8, 4) is 0 Å². The highest BCUT2D eigenvalue weighted by Crippen LogP contribution is 2.27. The smallest absolute Gasteiger partial charge is 0.199 e. The van der Waals surface area contributed by atoms with Crippen LogP contribution in [0.3, 0.4) is 0 Å². The monoisotopic (exact) mass is 251 g/mol. The van der Waals surface area contributed by atoms with Gasteiger partial charge in [-0.15, -0.1) is 0 Å². The first-order valence-electron chi connectivity index (χ1n) is 5.11. The van der Waals surface area contributed by atoms with Crippen LogP contribution in [0.5, 0.6) is 0 Å². The van der Waals surface area contributed by atoms with Crippen LogP contribution in [0.1, 0.15) is 11.1 Å². The first-order valence-corrected chi connectivity index (χ1v) is 5.52. The number of nitrogen functional groups attached to an aromatic ring is 1. The Morgan fingerprint density at radius 2 is 1.82 bits per heavy atom. The van der Waals surface area contributed by atoms with E-state index in [0.717, 1.165) is 16.8 Å². The molecule has 0 unspecified atom stereocenters. The van der Waals surface area contributed by atoms with E-state index in [-0.39, 0.29) is 5.96 Å². The van der Waals surface area contributed by atoms with Crippen LogP contribution in [0.4, 0.5) is 11.4 Å². The van der Waals surface area contributed by atoms with Crippen LogP contribution in [0, 0.1) is 19.3 Å². The summed E-state index contributed by atoms with van der Waals surface area (Å²) in [6.07, 6.45) is 0. The van der Waals surface area contributed by atoms with Crippen LogP contribution < -0.4 is 21.7 Å². The van der Waals surface area contributed by atoms with Crippen molar-refractivity contribution in [1.82, 2.24) is 5.32 Å². The summed E-state index contributed by atoms with van der Waals surface area (Å²) in [5, 5.41) is 10.8. The zero-order valence-corrected chi connectivity index (χ0v) is 11.0. The fourth-order valence-electron chi connectivity index (χ4n) is 1.79. The fourth-order valence-corrected chi connectivity index (χ4v) is 1.97. The van der Waals surface area contributed by atoms with Crippen LogP contribution in [-0.2, 0) is 0 Å². The lowest BCUT2D eigenvalue weighted by Crippen LogP contribution is -2.46. The summed E-state index contributed by atoms with van der Waals surface area (Å²) in [6.45, 7) is 3.82. The third kappa shape index (κ3) is 2.65. The average Bonchev–Trinajstić information content (AvgIpc) is 2.21. The highest BCUT2D eigenvalue weighted by atomic mass is 32.1. The molecule has 5 nitrogen and oxygen atoms in total. The zero-order chi connectivity index (χ0) is 13.2. The third-order valence-corrected chi connectivity index (χ3v) is 2.78. The van der Waals surface area contributed by atoms with Crippen LogP contribution in [-0.4, -0.2) is 18.1 Å². The molecule has 0 fully saturated rings. The fraction of sp³-hybridized carbons (Fsp3) is 0.273. The van der Waals surface area contributed by atoms with Gasteiger partial charge in [0.1, 0.15) is 0 Å². The highest BCUT2D eigenvalue weighted by molar-refractivity contribution is 7.80. The molecule has 0 aliphatic rings. The summed E-state index contributed by atoms with van der Waals surface area (Å²) in [4.78, 5) is 1.49. The molecule has 6 heteroatoms. The molecule has 0 bridgehead atoms. The molecule has 0 aromatic heterocycles. The quantitative estimate of drug-likeness (QED) is 0.259. The van der Waals surface area contributed by atoms with Crippen molar-refractivity contribution in [2.45, 2.75) is 13.8 Å². The molecule has 6 N–H and O–H groups in total. The first kappa shape index (κ1) is 13.2. The Balaban J connectivity index is 3.38. The lowest BCUT2D eigenvalue weighted by atomic mass is 10.1. The lowest BCUT2D eigenvalue weighted by Gasteiger charge is -2.26. The van der Waals surface area contributed by atoms with Gasteiger partial charge in [0.2, 0.25) is 0 Å². The van der Waals surface area contributed by atoms with Gasteiger partial charge in [0.15, 0.2) is 11.1 Å². The summed E-state index contributed by atoms with van der Waals surface area (Å²) in [7, 11) is 1.69. The molecule has 92 valence electrons. The van der Waals surface area contributed by atoms with Crippen molar-refractivity contribution in [3.05, 3.63) is 23.3 Å². The van der Waals surface area contributed by atoms with E-state index in [1.807, 2.05) is 26.0 Å². The molecule has 0 aliphatic heterocycles. The molecule has 17 heavy (non-hydrogen) atoms. The second-order valence-electron chi connectivity index (χ2n) is 3.78. The molecule has 0 heterocycles. The SMILES string of the molecule is CNC(=S)N(C(=N)N)c1c(C)cc(N)cc1C. The molecule has 1 aromatic carbocycles. The molecule has 1 aromatic rings. The van der Waals surface area contributed by atoms with E-state index < -0.39 is 0 Å². The van der Waals surface area contributed by atoms with Crippen molar-refractivity contribution in [2.24, 2.45) is 5.73 Å². The Kier molecular flexibility index (Phi) is 3.90. The molecule has 0 spiro atoms. The van der Waals surface area contributed by atoms with Gasteiger partial charge in [0.05, 0.1) is 5.69 Å². The summed E-state index contributed by atoms with van der Waals surface area (Å²) in [6, 6.07) is 3.66. The maximum Gasteiger partial charge on any atom is 0.199 e. The predicted molar refractivity (Wildman–Crippen MR) is 76.4 cm³/mol. The van der Waals surface area contributed by atoms with E-state index in [4.69, 9.17) is 29.1 Å².